The molecule has 1 aliphatic heterocycles. The van der Waals surface area contributed by atoms with Crippen molar-refractivity contribution in [3.8, 4) is 5.75 Å². The molecule has 1 fully saturated rings. The van der Waals surface area contributed by atoms with Crippen molar-refractivity contribution in [1.82, 2.24) is 4.90 Å². The van der Waals surface area contributed by atoms with Gasteiger partial charge in [-0.3, -0.25) is 4.79 Å². The second kappa shape index (κ2) is 5.72. The third-order valence-electron chi connectivity index (χ3n) is 3.22. The number of carbonyl (C=O) groups excluding carboxylic acids is 1. The van der Waals surface area contributed by atoms with Crippen LogP contribution in [0, 0.1) is 7.14 Å². The van der Waals surface area contributed by atoms with Gasteiger partial charge in [-0.2, -0.15) is 0 Å². The van der Waals surface area contributed by atoms with Crippen LogP contribution in [0.2, 0.25) is 0 Å². The number of hydrogen-bond donors (Lipinski definition) is 2. The third kappa shape index (κ3) is 3.52. The minimum atomic E-state index is -0.835. The van der Waals surface area contributed by atoms with Gasteiger partial charge in [0.25, 0.3) is 5.91 Å². The third-order valence-corrected chi connectivity index (χ3v) is 4.67. The number of aromatic hydroxyl groups is 1. The van der Waals surface area contributed by atoms with Crippen molar-refractivity contribution >= 4 is 51.1 Å². The summed E-state index contributed by atoms with van der Waals surface area (Å²) in [5.41, 5.74) is -0.521. The summed E-state index contributed by atoms with van der Waals surface area (Å²) in [7, 11) is 0. The molecule has 0 aromatic heterocycles. The number of halogens is 2. The summed E-state index contributed by atoms with van der Waals surface area (Å²) in [4.78, 5) is 14.1. The maximum atomic E-state index is 12.5. The Hall–Kier alpha value is -0.0900. The van der Waals surface area contributed by atoms with E-state index in [4.69, 9.17) is 0 Å². The molecule has 6 heteroatoms. The molecule has 1 unspecified atom stereocenters. The highest BCUT2D eigenvalue weighted by Gasteiger charge is 2.32. The minimum absolute atomic E-state index is 0.0243. The van der Waals surface area contributed by atoms with Gasteiger partial charge < -0.3 is 15.1 Å². The van der Waals surface area contributed by atoms with Crippen molar-refractivity contribution in [1.29, 1.82) is 0 Å². The Balaban J connectivity index is 2.29. The van der Waals surface area contributed by atoms with E-state index in [-0.39, 0.29) is 11.7 Å². The highest BCUT2D eigenvalue weighted by molar-refractivity contribution is 14.1. The number of amides is 1. The van der Waals surface area contributed by atoms with Crippen LogP contribution in [0.4, 0.5) is 0 Å². The van der Waals surface area contributed by atoms with Gasteiger partial charge in [-0.05, 0) is 77.1 Å². The summed E-state index contributed by atoms with van der Waals surface area (Å²) in [5.74, 6) is -0.190. The highest BCUT2D eigenvalue weighted by Crippen LogP contribution is 2.29. The first-order valence-electron chi connectivity index (χ1n) is 6.00. The number of carbonyl (C=O) groups is 1. The zero-order chi connectivity index (χ0) is 14.2. The standard InChI is InChI=1S/C13H15I2NO3/c1-13(19)3-2-4-16(7-13)12(18)9-5-8(14)6-10(15)11(9)17/h5-6,17,19H,2-4,7H2,1H3. The first-order valence-corrected chi connectivity index (χ1v) is 8.15. The molecule has 1 heterocycles. The van der Waals surface area contributed by atoms with Crippen molar-refractivity contribution in [3.63, 3.8) is 0 Å². The summed E-state index contributed by atoms with van der Waals surface area (Å²) in [6, 6.07) is 3.50. The maximum Gasteiger partial charge on any atom is 0.257 e. The Morgan fingerprint density at radius 2 is 2.11 bits per heavy atom. The van der Waals surface area contributed by atoms with Crippen molar-refractivity contribution in [2.75, 3.05) is 13.1 Å². The van der Waals surface area contributed by atoms with Crippen LogP contribution in [-0.2, 0) is 0 Å². The molecule has 0 spiro atoms. The van der Waals surface area contributed by atoms with E-state index in [0.29, 0.717) is 28.6 Å². The van der Waals surface area contributed by atoms with Crippen LogP contribution in [0.1, 0.15) is 30.1 Å². The van der Waals surface area contributed by atoms with Crippen LogP contribution >= 0.6 is 45.2 Å². The van der Waals surface area contributed by atoms with Crippen LogP contribution in [0.15, 0.2) is 12.1 Å². The van der Waals surface area contributed by atoms with E-state index in [1.165, 1.54) is 0 Å². The SMILES string of the molecule is CC1(O)CCCN(C(=O)c2cc(I)cc(I)c2O)C1. The fourth-order valence-electron chi connectivity index (χ4n) is 2.29. The highest BCUT2D eigenvalue weighted by atomic mass is 127. The van der Waals surface area contributed by atoms with Crippen molar-refractivity contribution in [2.24, 2.45) is 0 Å². The summed E-state index contributed by atoms with van der Waals surface area (Å²) >= 11 is 4.13. The fourth-order valence-corrected chi connectivity index (χ4v) is 4.14. The lowest BCUT2D eigenvalue weighted by molar-refractivity contribution is -0.0108. The molecule has 1 saturated heterocycles. The van der Waals surface area contributed by atoms with Crippen molar-refractivity contribution < 1.29 is 15.0 Å². The average molecular weight is 487 g/mol. The molecule has 1 aromatic carbocycles. The molecule has 4 nitrogen and oxygen atoms in total. The number of benzene rings is 1. The topological polar surface area (TPSA) is 60.8 Å². The maximum absolute atomic E-state index is 12.5. The number of phenols is 1. The van der Waals surface area contributed by atoms with Gasteiger partial charge in [0.15, 0.2) is 0 Å². The molecule has 0 bridgehead atoms. The predicted octanol–water partition coefficient (Wildman–Crippen LogP) is 2.59. The summed E-state index contributed by atoms with van der Waals surface area (Å²) < 4.78 is 1.57. The molecule has 0 saturated carbocycles. The molecular formula is C13H15I2NO3. The molecule has 0 radical (unpaired) electrons. The number of piperidine rings is 1. The zero-order valence-corrected chi connectivity index (χ0v) is 14.8. The summed E-state index contributed by atoms with van der Waals surface area (Å²) in [5, 5.41) is 20.1. The Labute approximate surface area is 139 Å². The Morgan fingerprint density at radius 1 is 1.42 bits per heavy atom. The number of nitrogens with zero attached hydrogens (tertiary/aromatic N) is 1. The molecular weight excluding hydrogens is 472 g/mol. The van der Waals surface area contributed by atoms with E-state index >= 15 is 0 Å². The van der Waals surface area contributed by atoms with Gasteiger partial charge >= 0.3 is 0 Å². The molecule has 1 amide bonds. The van der Waals surface area contributed by atoms with Gasteiger partial charge in [-0.1, -0.05) is 0 Å². The van der Waals surface area contributed by atoms with Gasteiger partial charge in [0, 0.05) is 16.7 Å². The van der Waals surface area contributed by atoms with E-state index in [2.05, 4.69) is 22.6 Å². The van der Waals surface area contributed by atoms with Crippen molar-refractivity contribution in [2.45, 2.75) is 25.4 Å². The van der Waals surface area contributed by atoms with Gasteiger partial charge in [0.1, 0.15) is 5.75 Å². The van der Waals surface area contributed by atoms with Crippen LogP contribution in [0.25, 0.3) is 0 Å². The van der Waals surface area contributed by atoms with Crippen molar-refractivity contribution in [3.05, 3.63) is 24.8 Å². The van der Waals surface area contributed by atoms with E-state index in [0.717, 1.165) is 9.99 Å². The number of aliphatic hydroxyl groups is 1. The van der Waals surface area contributed by atoms with Gasteiger partial charge in [-0.15, -0.1) is 0 Å². The van der Waals surface area contributed by atoms with Crippen LogP contribution in [0.3, 0.4) is 0 Å². The lowest BCUT2D eigenvalue weighted by Gasteiger charge is -2.37. The molecule has 1 aliphatic rings. The normalized spacial score (nSPS) is 23.5. The first kappa shape index (κ1) is 15.3. The Bertz CT molecular complexity index is 517. The smallest absolute Gasteiger partial charge is 0.257 e. The van der Waals surface area contributed by atoms with Crippen LogP contribution in [-0.4, -0.2) is 39.7 Å². The Kier molecular flexibility index (Phi) is 4.61. The van der Waals surface area contributed by atoms with Gasteiger partial charge in [-0.25, -0.2) is 0 Å². The molecule has 2 rings (SSSR count). The molecule has 2 N–H and O–H groups in total. The predicted molar refractivity (Wildman–Crippen MR) is 89.3 cm³/mol. The number of hydrogen-bond acceptors (Lipinski definition) is 3. The second-order valence-corrected chi connectivity index (χ2v) is 7.52. The summed E-state index contributed by atoms with van der Waals surface area (Å²) in [6.45, 7) is 2.68. The van der Waals surface area contributed by atoms with Gasteiger partial charge in [0.2, 0.25) is 0 Å². The molecule has 0 aliphatic carbocycles. The number of rotatable bonds is 1. The monoisotopic (exact) mass is 487 g/mol. The molecule has 104 valence electrons. The second-order valence-electron chi connectivity index (χ2n) is 5.11. The quantitative estimate of drug-likeness (QED) is 0.600. The Morgan fingerprint density at radius 3 is 2.74 bits per heavy atom. The van der Waals surface area contributed by atoms with E-state index in [1.54, 1.807) is 17.9 Å². The van der Waals surface area contributed by atoms with Crippen LogP contribution < -0.4 is 0 Å². The molecule has 19 heavy (non-hydrogen) atoms. The summed E-state index contributed by atoms with van der Waals surface area (Å²) in [6.07, 6.45) is 1.48. The average Bonchev–Trinajstić information content (AvgIpc) is 2.31. The lowest BCUT2D eigenvalue weighted by Crippen LogP contribution is -2.48. The van der Waals surface area contributed by atoms with E-state index < -0.39 is 5.60 Å². The first-order chi connectivity index (χ1) is 8.80. The number of β-amino-alcohol motifs (C(OH)–C–C–N with tert-alkyl or cyclic N) is 1. The zero-order valence-electron chi connectivity index (χ0n) is 10.5. The van der Waals surface area contributed by atoms with Crippen LogP contribution in [0.5, 0.6) is 5.75 Å². The van der Waals surface area contributed by atoms with E-state index in [9.17, 15) is 15.0 Å². The number of likely N-dealkylation sites (tertiary alicyclic amines) is 1. The van der Waals surface area contributed by atoms with E-state index in [1.807, 2.05) is 28.7 Å². The number of phenolic OH excluding ortho intramolecular Hbond substituents is 1. The van der Waals surface area contributed by atoms with Gasteiger partial charge in [0.05, 0.1) is 14.7 Å². The lowest BCUT2D eigenvalue weighted by atomic mass is 9.94. The minimum Gasteiger partial charge on any atom is -0.506 e. The fraction of sp³-hybridized carbons (Fsp3) is 0.462. The molecule has 1 atom stereocenters. The molecule has 1 aromatic rings. The largest absolute Gasteiger partial charge is 0.506 e.